The summed E-state index contributed by atoms with van der Waals surface area (Å²) in [5.41, 5.74) is 7.67. The normalized spacial score (nSPS) is 11.4. The maximum absolute atomic E-state index is 4.91. The molecule has 0 atom stereocenters. The number of benzene rings is 5. The molecule has 0 N–H and O–H groups in total. The molecule has 0 saturated heterocycles. The van der Waals surface area contributed by atoms with E-state index in [1.807, 2.05) is 60.7 Å². The molecule has 3 nitrogen and oxygen atoms in total. The highest BCUT2D eigenvalue weighted by atomic mass is 28.3. The Hall–Kier alpha value is -4.67. The molecular formula is C36H31N3Si. The van der Waals surface area contributed by atoms with Gasteiger partial charge in [0.15, 0.2) is 17.5 Å². The fourth-order valence-corrected chi connectivity index (χ4v) is 6.00. The second kappa shape index (κ2) is 10.8. The third-order valence-corrected chi connectivity index (χ3v) is 9.12. The van der Waals surface area contributed by atoms with E-state index in [9.17, 15) is 0 Å². The third-order valence-electron chi connectivity index (χ3n) is 7.08. The highest BCUT2D eigenvalue weighted by Crippen LogP contribution is 2.30. The molecular weight excluding hydrogens is 503 g/mol. The van der Waals surface area contributed by atoms with Crippen molar-refractivity contribution in [2.75, 3.05) is 0 Å². The average molecular weight is 534 g/mol. The lowest BCUT2D eigenvalue weighted by Gasteiger charge is -2.17. The van der Waals surface area contributed by atoms with Gasteiger partial charge in [-0.3, -0.25) is 0 Å². The van der Waals surface area contributed by atoms with Gasteiger partial charge in [-0.05, 0) is 34.4 Å². The van der Waals surface area contributed by atoms with Crippen LogP contribution in [0.5, 0.6) is 0 Å². The first-order chi connectivity index (χ1) is 19.4. The van der Waals surface area contributed by atoms with Gasteiger partial charge in [-0.15, -0.1) is 0 Å². The van der Waals surface area contributed by atoms with Gasteiger partial charge in [0.25, 0.3) is 0 Å². The summed E-state index contributed by atoms with van der Waals surface area (Å²) >= 11 is 0. The predicted molar refractivity (Wildman–Crippen MR) is 170 cm³/mol. The first-order valence-corrected chi connectivity index (χ1v) is 17.1. The van der Waals surface area contributed by atoms with Crippen LogP contribution in [0.3, 0.4) is 0 Å². The van der Waals surface area contributed by atoms with Crippen molar-refractivity contribution in [2.45, 2.75) is 19.6 Å². The van der Waals surface area contributed by atoms with E-state index < -0.39 is 8.07 Å². The summed E-state index contributed by atoms with van der Waals surface area (Å²) < 4.78 is 0. The fourth-order valence-electron chi connectivity index (χ4n) is 4.82. The molecule has 5 aromatic carbocycles. The average Bonchev–Trinajstić information content (AvgIpc) is 3.01. The van der Waals surface area contributed by atoms with Crippen molar-refractivity contribution in [3.05, 3.63) is 133 Å². The van der Waals surface area contributed by atoms with Crippen LogP contribution in [0.25, 0.3) is 56.4 Å². The van der Waals surface area contributed by atoms with Crippen LogP contribution in [-0.4, -0.2) is 23.0 Å². The molecule has 0 unspecified atom stereocenters. The van der Waals surface area contributed by atoms with Gasteiger partial charge in [-0.25, -0.2) is 15.0 Å². The minimum atomic E-state index is -1.40. The van der Waals surface area contributed by atoms with E-state index >= 15 is 0 Å². The Morgan fingerprint density at radius 2 is 0.700 bits per heavy atom. The van der Waals surface area contributed by atoms with Gasteiger partial charge in [-0.2, -0.15) is 0 Å². The summed E-state index contributed by atoms with van der Waals surface area (Å²) in [5, 5.41) is 1.47. The molecule has 0 aliphatic heterocycles. The van der Waals surface area contributed by atoms with Crippen molar-refractivity contribution in [2.24, 2.45) is 0 Å². The highest BCUT2D eigenvalue weighted by Gasteiger charge is 2.17. The van der Waals surface area contributed by atoms with E-state index in [0.717, 1.165) is 22.3 Å². The zero-order valence-corrected chi connectivity index (χ0v) is 24.0. The van der Waals surface area contributed by atoms with Gasteiger partial charge in [0.2, 0.25) is 0 Å². The first-order valence-electron chi connectivity index (χ1n) is 13.6. The number of hydrogen-bond acceptors (Lipinski definition) is 3. The maximum Gasteiger partial charge on any atom is 0.164 e. The number of aromatic nitrogens is 3. The SMILES string of the molecule is C[Si](C)(C)c1cccc(-c2cccc(-c3cccc(-c4nc(-c5ccccc5)nc(-c5ccccc5)n4)c3)c2)c1. The lowest BCUT2D eigenvalue weighted by Crippen LogP contribution is -2.37. The molecule has 6 rings (SSSR count). The van der Waals surface area contributed by atoms with Gasteiger partial charge in [0.05, 0.1) is 8.07 Å². The summed E-state index contributed by atoms with van der Waals surface area (Å²) in [7, 11) is -1.40. The molecule has 4 heteroatoms. The van der Waals surface area contributed by atoms with Crippen molar-refractivity contribution in [3.8, 4) is 56.4 Å². The van der Waals surface area contributed by atoms with E-state index in [4.69, 9.17) is 15.0 Å². The Labute approximate surface area is 237 Å². The van der Waals surface area contributed by atoms with Crippen molar-refractivity contribution in [1.29, 1.82) is 0 Å². The zero-order chi connectivity index (χ0) is 27.5. The van der Waals surface area contributed by atoms with Crippen molar-refractivity contribution < 1.29 is 0 Å². The Balaban J connectivity index is 1.42. The minimum Gasteiger partial charge on any atom is -0.208 e. The molecule has 0 radical (unpaired) electrons. The Morgan fingerprint density at radius 3 is 1.18 bits per heavy atom. The molecule has 0 amide bonds. The first kappa shape index (κ1) is 25.6. The summed E-state index contributed by atoms with van der Waals surface area (Å²) in [6.07, 6.45) is 0. The van der Waals surface area contributed by atoms with Gasteiger partial charge in [0.1, 0.15) is 0 Å². The van der Waals surface area contributed by atoms with Crippen LogP contribution >= 0.6 is 0 Å². The van der Waals surface area contributed by atoms with Crippen LogP contribution in [0, 0.1) is 0 Å². The van der Waals surface area contributed by atoms with Gasteiger partial charge >= 0.3 is 0 Å². The highest BCUT2D eigenvalue weighted by molar-refractivity contribution is 6.88. The Bertz CT molecular complexity index is 1720. The van der Waals surface area contributed by atoms with Crippen LogP contribution in [0.2, 0.25) is 19.6 Å². The van der Waals surface area contributed by atoms with E-state index in [-0.39, 0.29) is 0 Å². The summed E-state index contributed by atoms with van der Waals surface area (Å²) in [6, 6.07) is 46.5. The smallest absolute Gasteiger partial charge is 0.164 e. The van der Waals surface area contributed by atoms with E-state index in [2.05, 4.69) is 92.4 Å². The second-order valence-electron chi connectivity index (χ2n) is 11.0. The second-order valence-corrected chi connectivity index (χ2v) is 16.1. The lowest BCUT2D eigenvalue weighted by atomic mass is 9.98. The molecule has 1 aromatic heterocycles. The van der Waals surface area contributed by atoms with Gasteiger partial charge < -0.3 is 0 Å². The van der Waals surface area contributed by atoms with Gasteiger partial charge in [0, 0.05) is 16.7 Å². The van der Waals surface area contributed by atoms with Crippen LogP contribution in [0.1, 0.15) is 0 Å². The molecule has 6 aromatic rings. The molecule has 0 spiro atoms. The molecule has 40 heavy (non-hydrogen) atoms. The Kier molecular flexibility index (Phi) is 6.93. The molecule has 0 aliphatic carbocycles. The van der Waals surface area contributed by atoms with E-state index in [1.54, 1.807) is 0 Å². The van der Waals surface area contributed by atoms with Crippen LogP contribution in [0.4, 0.5) is 0 Å². The van der Waals surface area contributed by atoms with Crippen LogP contribution in [0.15, 0.2) is 133 Å². The predicted octanol–water partition coefficient (Wildman–Crippen LogP) is 8.75. The molecule has 0 saturated carbocycles. The van der Waals surface area contributed by atoms with E-state index in [1.165, 1.54) is 21.9 Å². The number of rotatable bonds is 6. The van der Waals surface area contributed by atoms with Crippen molar-refractivity contribution in [3.63, 3.8) is 0 Å². The third kappa shape index (κ3) is 5.53. The summed E-state index contributed by atoms with van der Waals surface area (Å²) in [5.74, 6) is 1.99. The lowest BCUT2D eigenvalue weighted by molar-refractivity contribution is 1.07. The number of hydrogen-bond donors (Lipinski definition) is 0. The van der Waals surface area contributed by atoms with Crippen molar-refractivity contribution in [1.82, 2.24) is 15.0 Å². The fraction of sp³-hybridized carbons (Fsp3) is 0.0833. The van der Waals surface area contributed by atoms with Crippen molar-refractivity contribution >= 4 is 13.3 Å². The van der Waals surface area contributed by atoms with E-state index in [0.29, 0.717) is 17.5 Å². The minimum absolute atomic E-state index is 0.661. The molecule has 0 fully saturated rings. The monoisotopic (exact) mass is 533 g/mol. The quantitative estimate of drug-likeness (QED) is 0.201. The van der Waals surface area contributed by atoms with Gasteiger partial charge in [-0.1, -0.05) is 146 Å². The number of nitrogens with zero attached hydrogens (tertiary/aromatic N) is 3. The summed E-state index contributed by atoms with van der Waals surface area (Å²) in [6.45, 7) is 7.17. The molecule has 0 bridgehead atoms. The topological polar surface area (TPSA) is 38.7 Å². The largest absolute Gasteiger partial charge is 0.208 e. The molecule has 1 heterocycles. The van der Waals surface area contributed by atoms with Crippen LogP contribution in [-0.2, 0) is 0 Å². The molecule has 194 valence electrons. The Morgan fingerprint density at radius 1 is 0.350 bits per heavy atom. The zero-order valence-electron chi connectivity index (χ0n) is 23.0. The summed E-state index contributed by atoms with van der Waals surface area (Å²) in [4.78, 5) is 14.7. The molecule has 0 aliphatic rings. The van der Waals surface area contributed by atoms with Crippen LogP contribution < -0.4 is 5.19 Å². The standard InChI is InChI=1S/C36H31N3Si/c1-40(2,3)33-22-12-20-31(25-33)29-18-10-17-28(23-29)30-19-11-21-32(24-30)36-38-34(26-13-6-4-7-14-26)37-35(39-36)27-15-8-5-9-16-27/h4-25H,1-3H3. The maximum atomic E-state index is 4.91.